The average Bonchev–Trinajstić information content (AvgIpc) is 3.43. The molecule has 2 saturated heterocycles. The number of ether oxygens (including phenoxy) is 3. The van der Waals surface area contributed by atoms with Crippen molar-refractivity contribution in [3.05, 3.63) is 63.2 Å². The van der Waals surface area contributed by atoms with Crippen molar-refractivity contribution >= 4 is 23.5 Å². The first-order valence-corrected chi connectivity index (χ1v) is 17.3. The zero-order valence-corrected chi connectivity index (χ0v) is 28.3. The van der Waals surface area contributed by atoms with E-state index in [1.807, 2.05) is 38.3 Å². The molecule has 3 aliphatic rings. The number of likely N-dealkylation sites (tertiary alicyclic amines) is 1. The van der Waals surface area contributed by atoms with E-state index in [-0.39, 0.29) is 37.0 Å². The molecule has 6 rings (SSSR count). The first-order chi connectivity index (χ1) is 22.8. The van der Waals surface area contributed by atoms with Gasteiger partial charge in [-0.15, -0.1) is 11.8 Å². The number of carbonyl (C=O) groups excluding carboxylic acids is 1. The number of nitrogens with zero attached hydrogens (tertiary/aromatic N) is 3. The number of amides is 1. The maximum atomic E-state index is 13.8. The van der Waals surface area contributed by atoms with Crippen LogP contribution in [0.1, 0.15) is 46.9 Å². The molecule has 0 spiro atoms. The number of pyridine rings is 2. The molecule has 0 radical (unpaired) electrons. The van der Waals surface area contributed by atoms with Crippen molar-refractivity contribution in [3.63, 3.8) is 0 Å². The number of carbonyl (C=O) groups is 1. The fraction of sp³-hybridized carbons (Fsp3) is 0.500. The normalized spacial score (nSPS) is 20.3. The van der Waals surface area contributed by atoms with Crippen LogP contribution < -0.4 is 25.2 Å². The van der Waals surface area contributed by atoms with E-state index in [0.29, 0.717) is 65.4 Å². The maximum Gasteiger partial charge on any atom is 0.401 e. The lowest BCUT2D eigenvalue weighted by Crippen LogP contribution is -2.49. The van der Waals surface area contributed by atoms with Gasteiger partial charge in [0.15, 0.2) is 11.5 Å². The van der Waals surface area contributed by atoms with Gasteiger partial charge >= 0.3 is 6.18 Å². The molecule has 14 heteroatoms. The minimum absolute atomic E-state index is 0.0256. The number of hydrogen-bond acceptors (Lipinski definition) is 9. The number of anilines is 1. The molecule has 1 atom stereocenters. The van der Waals surface area contributed by atoms with Crippen LogP contribution in [0.15, 0.2) is 40.2 Å². The number of hydrogen-bond donors (Lipinski definition) is 2. The van der Waals surface area contributed by atoms with Crippen LogP contribution in [0.25, 0.3) is 11.1 Å². The van der Waals surface area contributed by atoms with Crippen molar-refractivity contribution in [2.24, 2.45) is 5.92 Å². The van der Waals surface area contributed by atoms with Crippen molar-refractivity contribution in [1.82, 2.24) is 20.2 Å². The molecule has 0 saturated carbocycles. The first-order valence-electron chi connectivity index (χ1n) is 16.0. The summed E-state index contributed by atoms with van der Waals surface area (Å²) < 4.78 is 57.8. The summed E-state index contributed by atoms with van der Waals surface area (Å²) in [4.78, 5) is 38.4. The molecule has 2 aromatic heterocycles. The number of aromatic nitrogens is 2. The van der Waals surface area contributed by atoms with Gasteiger partial charge in [-0.2, -0.15) is 13.2 Å². The summed E-state index contributed by atoms with van der Waals surface area (Å²) in [5.74, 6) is -0.0365. The lowest BCUT2D eigenvalue weighted by atomic mass is 9.89. The zero-order valence-electron chi connectivity index (χ0n) is 27.5. The number of aromatic amines is 1. The molecule has 1 aromatic carbocycles. The summed E-state index contributed by atoms with van der Waals surface area (Å²) in [5.41, 5.74) is 3.17. The van der Waals surface area contributed by atoms with Crippen LogP contribution in [0, 0.1) is 19.8 Å². The lowest BCUT2D eigenvalue weighted by Gasteiger charge is -2.39. The van der Waals surface area contributed by atoms with Gasteiger partial charge < -0.3 is 29.4 Å². The highest BCUT2D eigenvalue weighted by molar-refractivity contribution is 7.98. The molecular formula is C34H40F3N5O5S. The van der Waals surface area contributed by atoms with Crippen LogP contribution in [0.2, 0.25) is 0 Å². The van der Waals surface area contributed by atoms with Gasteiger partial charge in [0.2, 0.25) is 0 Å². The Balaban J connectivity index is 1.31. The predicted molar refractivity (Wildman–Crippen MR) is 177 cm³/mol. The predicted octanol–water partition coefficient (Wildman–Crippen LogP) is 5.30. The zero-order chi connectivity index (χ0) is 34.2. The maximum absolute atomic E-state index is 13.8. The van der Waals surface area contributed by atoms with E-state index in [0.717, 1.165) is 29.5 Å². The Kier molecular flexibility index (Phi) is 9.69. The molecule has 48 heavy (non-hydrogen) atoms. The smallest absolute Gasteiger partial charge is 0.401 e. The monoisotopic (exact) mass is 687 g/mol. The quantitative estimate of drug-likeness (QED) is 0.305. The molecule has 2 fully saturated rings. The molecule has 258 valence electrons. The van der Waals surface area contributed by atoms with Gasteiger partial charge in [0, 0.05) is 77.1 Å². The summed E-state index contributed by atoms with van der Waals surface area (Å²) in [6.45, 7) is 7.74. The molecule has 10 nitrogen and oxygen atoms in total. The summed E-state index contributed by atoms with van der Waals surface area (Å²) in [6.07, 6.45) is 0.277. The summed E-state index contributed by atoms with van der Waals surface area (Å²) in [7, 11) is 0. The van der Waals surface area contributed by atoms with Gasteiger partial charge in [0.1, 0.15) is 5.82 Å². The minimum Gasteiger partial charge on any atom is -0.448 e. The highest BCUT2D eigenvalue weighted by atomic mass is 32.2. The number of alkyl halides is 3. The topological polar surface area (TPSA) is 109 Å². The van der Waals surface area contributed by atoms with E-state index in [1.54, 1.807) is 19.2 Å². The number of fused-ring (bicyclic) bond motifs is 1. The Morgan fingerprint density at radius 2 is 1.81 bits per heavy atom. The number of H-pyrrole nitrogens is 1. The van der Waals surface area contributed by atoms with E-state index >= 15 is 0 Å². The number of halogens is 3. The Labute approximate surface area is 281 Å². The number of morpholine rings is 1. The molecule has 1 amide bonds. The van der Waals surface area contributed by atoms with Crippen molar-refractivity contribution < 1.29 is 32.2 Å². The summed E-state index contributed by atoms with van der Waals surface area (Å²) in [5, 5.41) is 2.92. The van der Waals surface area contributed by atoms with E-state index in [9.17, 15) is 22.8 Å². The molecular weight excluding hydrogens is 647 g/mol. The third-order valence-electron chi connectivity index (χ3n) is 9.34. The standard InChI is InChI=1S/C34H40F3N5O5S/c1-20-15-27(48-4)26(32(44)40-20)18-39-31(43)24-16-25(22-5-6-28(38-17-22)42-11-13-45-14-12-42)30-29(21(24)2)46-33(3,47-30)23-7-9-41(10-8-23)19-34(35,36)37/h5-6,15-17,23H,7-14,18-19H2,1-4H3,(H,39,43)(H,40,44)/t33-/m1/s1. The largest absolute Gasteiger partial charge is 0.448 e. The van der Waals surface area contributed by atoms with Gasteiger partial charge in [0.05, 0.1) is 19.8 Å². The van der Waals surface area contributed by atoms with Crippen LogP contribution in [0.4, 0.5) is 19.0 Å². The molecule has 0 unspecified atom stereocenters. The van der Waals surface area contributed by atoms with Gasteiger partial charge in [0.25, 0.3) is 17.3 Å². The molecule has 3 aromatic rings. The van der Waals surface area contributed by atoms with E-state index < -0.39 is 18.5 Å². The number of thioether (sulfide) groups is 1. The number of piperidine rings is 1. The first kappa shape index (κ1) is 34.1. The van der Waals surface area contributed by atoms with Crippen molar-refractivity contribution in [1.29, 1.82) is 0 Å². The SMILES string of the molecule is CSc1cc(C)[nH]c(=O)c1CNC(=O)c1cc(-c2ccc(N3CCOCC3)nc2)c2c(c1C)O[C@@](C)(C1CCN(CC(F)(F)F)CC1)O2. The van der Waals surface area contributed by atoms with Crippen LogP contribution in [-0.2, 0) is 11.3 Å². The van der Waals surface area contributed by atoms with Gasteiger partial charge in [-0.3, -0.25) is 14.5 Å². The Bertz CT molecular complexity index is 1720. The van der Waals surface area contributed by atoms with Gasteiger partial charge in [-0.25, -0.2) is 4.98 Å². The Hall–Kier alpha value is -3.75. The minimum atomic E-state index is -4.26. The second-order valence-electron chi connectivity index (χ2n) is 12.7. The molecule has 0 aliphatic carbocycles. The van der Waals surface area contributed by atoms with Crippen LogP contribution in [0.5, 0.6) is 11.5 Å². The molecule has 2 N–H and O–H groups in total. The number of aryl methyl sites for hydroxylation is 1. The van der Waals surface area contributed by atoms with Crippen molar-refractivity contribution in [2.75, 3.05) is 57.1 Å². The fourth-order valence-corrected chi connectivity index (χ4v) is 7.40. The van der Waals surface area contributed by atoms with E-state index in [4.69, 9.17) is 19.2 Å². The second-order valence-corrected chi connectivity index (χ2v) is 13.5. The fourth-order valence-electron chi connectivity index (χ4n) is 6.69. The average molecular weight is 688 g/mol. The van der Waals surface area contributed by atoms with Crippen molar-refractivity contribution in [2.45, 2.75) is 57.0 Å². The molecule has 5 heterocycles. The molecule has 3 aliphatic heterocycles. The van der Waals surface area contributed by atoms with Crippen LogP contribution in [0.3, 0.4) is 0 Å². The Morgan fingerprint density at radius 3 is 2.46 bits per heavy atom. The second kappa shape index (κ2) is 13.6. The third kappa shape index (κ3) is 7.15. The van der Waals surface area contributed by atoms with Gasteiger partial charge in [-0.05, 0) is 70.3 Å². The lowest BCUT2D eigenvalue weighted by molar-refractivity contribution is -0.159. The third-order valence-corrected chi connectivity index (χ3v) is 10.1. The number of rotatable bonds is 8. The van der Waals surface area contributed by atoms with Crippen LogP contribution >= 0.6 is 11.8 Å². The summed E-state index contributed by atoms with van der Waals surface area (Å²) >= 11 is 1.43. The highest BCUT2D eigenvalue weighted by Crippen LogP contribution is 2.52. The van der Waals surface area contributed by atoms with Crippen molar-refractivity contribution in [3.8, 4) is 22.6 Å². The summed E-state index contributed by atoms with van der Waals surface area (Å²) in [6, 6.07) is 7.48. The number of benzene rings is 1. The Morgan fingerprint density at radius 1 is 1.10 bits per heavy atom. The van der Waals surface area contributed by atoms with E-state index in [2.05, 4.69) is 15.2 Å². The van der Waals surface area contributed by atoms with Crippen LogP contribution in [-0.4, -0.2) is 84.9 Å². The van der Waals surface area contributed by atoms with Gasteiger partial charge in [-0.1, -0.05) is 0 Å². The molecule has 0 bridgehead atoms. The van der Waals surface area contributed by atoms with E-state index in [1.165, 1.54) is 16.7 Å². The number of nitrogens with one attached hydrogen (secondary N) is 2. The highest BCUT2D eigenvalue weighted by Gasteiger charge is 2.48.